The minimum absolute atomic E-state index is 0.0345. The maximum atomic E-state index is 12.5. The van der Waals surface area contributed by atoms with E-state index >= 15 is 0 Å². The van der Waals surface area contributed by atoms with E-state index in [0.29, 0.717) is 48.7 Å². The SMILES string of the molecule is CC(C)(C)N1CCC(Nc2ncc(C(=O)N3CCOCC3)cc2Cl)CC1. The quantitative estimate of drug-likeness (QED) is 0.873. The molecule has 0 bridgehead atoms. The fraction of sp³-hybridized carbons (Fsp3) is 0.684. The summed E-state index contributed by atoms with van der Waals surface area (Å²) in [5.41, 5.74) is 0.743. The molecule has 1 aromatic rings. The molecule has 2 fully saturated rings. The molecule has 0 saturated carbocycles. The molecule has 3 heterocycles. The predicted molar refractivity (Wildman–Crippen MR) is 104 cm³/mol. The van der Waals surface area contributed by atoms with Gasteiger partial charge in [0.25, 0.3) is 5.91 Å². The van der Waals surface area contributed by atoms with Crippen LogP contribution in [0.25, 0.3) is 0 Å². The first kappa shape index (κ1) is 19.4. The molecule has 0 radical (unpaired) electrons. The van der Waals surface area contributed by atoms with E-state index in [0.717, 1.165) is 25.9 Å². The van der Waals surface area contributed by atoms with Gasteiger partial charge in [-0.2, -0.15) is 0 Å². The van der Waals surface area contributed by atoms with Crippen molar-refractivity contribution in [1.82, 2.24) is 14.8 Å². The zero-order chi connectivity index (χ0) is 18.7. The van der Waals surface area contributed by atoms with Crippen LogP contribution in [0.2, 0.25) is 5.02 Å². The van der Waals surface area contributed by atoms with Gasteiger partial charge in [-0.3, -0.25) is 9.69 Å². The zero-order valence-electron chi connectivity index (χ0n) is 15.9. The number of pyridine rings is 1. The number of morpholine rings is 1. The Morgan fingerprint density at radius 2 is 1.88 bits per heavy atom. The van der Waals surface area contributed by atoms with Gasteiger partial charge in [0.05, 0.1) is 23.8 Å². The summed E-state index contributed by atoms with van der Waals surface area (Å²) < 4.78 is 5.29. The maximum absolute atomic E-state index is 12.5. The molecule has 1 N–H and O–H groups in total. The molecule has 0 spiro atoms. The first-order chi connectivity index (χ1) is 12.3. The molecule has 3 rings (SSSR count). The summed E-state index contributed by atoms with van der Waals surface area (Å²) in [7, 11) is 0. The number of rotatable bonds is 3. The van der Waals surface area contributed by atoms with E-state index in [1.54, 1.807) is 17.2 Å². The third-order valence-corrected chi connectivity index (χ3v) is 5.46. The molecule has 26 heavy (non-hydrogen) atoms. The number of hydrogen-bond donors (Lipinski definition) is 1. The Kier molecular flexibility index (Phi) is 6.05. The molecule has 0 aliphatic carbocycles. The highest BCUT2D eigenvalue weighted by atomic mass is 35.5. The van der Waals surface area contributed by atoms with Gasteiger partial charge >= 0.3 is 0 Å². The van der Waals surface area contributed by atoms with Crippen molar-refractivity contribution >= 4 is 23.3 Å². The summed E-state index contributed by atoms with van der Waals surface area (Å²) >= 11 is 6.40. The number of ether oxygens (including phenoxy) is 1. The molecule has 0 atom stereocenters. The second-order valence-electron chi connectivity index (χ2n) is 8.04. The number of nitrogens with zero attached hydrogens (tertiary/aromatic N) is 3. The lowest BCUT2D eigenvalue weighted by Crippen LogP contribution is -2.48. The summed E-state index contributed by atoms with van der Waals surface area (Å²) in [4.78, 5) is 21.2. The molecule has 0 unspecified atom stereocenters. The number of amides is 1. The minimum atomic E-state index is -0.0345. The second kappa shape index (κ2) is 8.11. The minimum Gasteiger partial charge on any atom is -0.378 e. The number of hydrogen-bond acceptors (Lipinski definition) is 5. The number of likely N-dealkylation sites (tertiary alicyclic amines) is 1. The van der Waals surface area contributed by atoms with E-state index in [9.17, 15) is 4.79 Å². The fourth-order valence-corrected chi connectivity index (χ4v) is 3.72. The standard InChI is InChI=1S/C19H29ClN4O2/c1-19(2,3)24-6-4-15(5-7-24)22-17-16(20)12-14(13-21-17)18(25)23-8-10-26-11-9-23/h12-13,15H,4-11H2,1-3H3,(H,21,22). The first-order valence-corrected chi connectivity index (χ1v) is 9.76. The zero-order valence-corrected chi connectivity index (χ0v) is 16.7. The summed E-state index contributed by atoms with van der Waals surface area (Å²) in [6.45, 7) is 11.3. The molecule has 2 aliphatic rings. The fourth-order valence-electron chi connectivity index (χ4n) is 3.50. The molecule has 2 saturated heterocycles. The lowest BCUT2D eigenvalue weighted by atomic mass is 9.98. The Balaban J connectivity index is 1.59. The normalized spacial score (nSPS) is 20.2. The molecule has 7 heteroatoms. The first-order valence-electron chi connectivity index (χ1n) is 9.39. The number of halogens is 1. The van der Waals surface area contributed by atoms with Gasteiger partial charge in [0.1, 0.15) is 5.82 Å². The van der Waals surface area contributed by atoms with Crippen molar-refractivity contribution in [1.29, 1.82) is 0 Å². The van der Waals surface area contributed by atoms with Crippen LogP contribution in [-0.2, 0) is 4.74 Å². The van der Waals surface area contributed by atoms with E-state index in [-0.39, 0.29) is 11.4 Å². The topological polar surface area (TPSA) is 57.7 Å². The molecule has 6 nitrogen and oxygen atoms in total. The number of aromatic nitrogens is 1. The molecule has 2 aliphatic heterocycles. The number of anilines is 1. The third kappa shape index (κ3) is 4.67. The lowest BCUT2D eigenvalue weighted by Gasteiger charge is -2.41. The number of nitrogens with one attached hydrogen (secondary N) is 1. The highest BCUT2D eigenvalue weighted by Crippen LogP contribution is 2.26. The van der Waals surface area contributed by atoms with E-state index in [4.69, 9.17) is 16.3 Å². The summed E-state index contributed by atoms with van der Waals surface area (Å²) in [5.74, 6) is 0.632. The Morgan fingerprint density at radius 1 is 1.23 bits per heavy atom. The summed E-state index contributed by atoms with van der Waals surface area (Å²) in [6.07, 6.45) is 3.74. The van der Waals surface area contributed by atoms with Gasteiger partial charge in [0.2, 0.25) is 0 Å². The largest absolute Gasteiger partial charge is 0.378 e. The van der Waals surface area contributed by atoms with Gasteiger partial charge in [-0.05, 0) is 39.7 Å². The van der Waals surface area contributed by atoms with Gasteiger partial charge in [-0.25, -0.2) is 4.98 Å². The smallest absolute Gasteiger partial charge is 0.255 e. The van der Waals surface area contributed by atoms with Gasteiger partial charge in [-0.15, -0.1) is 0 Å². The summed E-state index contributed by atoms with van der Waals surface area (Å²) in [6, 6.07) is 2.08. The monoisotopic (exact) mass is 380 g/mol. The molecular weight excluding hydrogens is 352 g/mol. The second-order valence-corrected chi connectivity index (χ2v) is 8.44. The van der Waals surface area contributed by atoms with Crippen LogP contribution < -0.4 is 5.32 Å². The maximum Gasteiger partial charge on any atom is 0.255 e. The van der Waals surface area contributed by atoms with E-state index in [1.807, 2.05) is 0 Å². The molecule has 0 aromatic carbocycles. The van der Waals surface area contributed by atoms with Crippen LogP contribution in [0.5, 0.6) is 0 Å². The third-order valence-electron chi connectivity index (χ3n) is 5.17. The van der Waals surface area contributed by atoms with Crippen molar-refractivity contribution in [3.8, 4) is 0 Å². The molecule has 1 amide bonds. The lowest BCUT2D eigenvalue weighted by molar-refractivity contribution is 0.0302. The van der Waals surface area contributed by atoms with Crippen LogP contribution in [0.3, 0.4) is 0 Å². The highest BCUT2D eigenvalue weighted by Gasteiger charge is 2.27. The van der Waals surface area contributed by atoms with Crippen LogP contribution in [0, 0.1) is 0 Å². The van der Waals surface area contributed by atoms with Crippen LogP contribution in [-0.4, -0.2) is 71.7 Å². The number of piperidine rings is 1. The van der Waals surface area contributed by atoms with E-state index in [1.165, 1.54) is 0 Å². The predicted octanol–water partition coefficient (Wildman–Crippen LogP) is 2.88. The van der Waals surface area contributed by atoms with E-state index in [2.05, 4.69) is 36.0 Å². The van der Waals surface area contributed by atoms with Gasteiger partial charge in [-0.1, -0.05) is 11.6 Å². The molecule has 144 valence electrons. The Hall–Kier alpha value is -1.37. The van der Waals surface area contributed by atoms with Crippen molar-refractivity contribution in [2.45, 2.75) is 45.2 Å². The average molecular weight is 381 g/mol. The van der Waals surface area contributed by atoms with Crippen LogP contribution in [0.15, 0.2) is 12.3 Å². The van der Waals surface area contributed by atoms with E-state index < -0.39 is 0 Å². The van der Waals surface area contributed by atoms with Crippen molar-refractivity contribution in [3.63, 3.8) is 0 Å². The van der Waals surface area contributed by atoms with Gasteiger partial charge in [0, 0.05) is 44.0 Å². The Labute approximate surface area is 160 Å². The Bertz CT molecular complexity index is 633. The highest BCUT2D eigenvalue weighted by molar-refractivity contribution is 6.33. The summed E-state index contributed by atoms with van der Waals surface area (Å²) in [5, 5.41) is 3.95. The van der Waals surface area contributed by atoms with Crippen LogP contribution in [0.4, 0.5) is 5.82 Å². The Morgan fingerprint density at radius 3 is 2.46 bits per heavy atom. The van der Waals surface area contributed by atoms with Crippen molar-refractivity contribution in [3.05, 3.63) is 22.8 Å². The number of carbonyl (C=O) groups is 1. The van der Waals surface area contributed by atoms with Crippen molar-refractivity contribution in [2.75, 3.05) is 44.7 Å². The van der Waals surface area contributed by atoms with Crippen molar-refractivity contribution < 1.29 is 9.53 Å². The van der Waals surface area contributed by atoms with Crippen LogP contribution in [0.1, 0.15) is 44.0 Å². The van der Waals surface area contributed by atoms with Crippen molar-refractivity contribution in [2.24, 2.45) is 0 Å². The van der Waals surface area contributed by atoms with Gasteiger partial charge < -0.3 is 15.0 Å². The number of carbonyl (C=O) groups excluding carboxylic acids is 1. The molecule has 1 aromatic heterocycles. The van der Waals surface area contributed by atoms with Crippen LogP contribution >= 0.6 is 11.6 Å². The molecular formula is C19H29ClN4O2. The average Bonchev–Trinajstić information content (AvgIpc) is 2.63. The van der Waals surface area contributed by atoms with Gasteiger partial charge in [0.15, 0.2) is 0 Å².